The van der Waals surface area contributed by atoms with E-state index in [-0.39, 0.29) is 10.6 Å². The number of alkyl halides is 1. The van der Waals surface area contributed by atoms with Gasteiger partial charge in [-0.3, -0.25) is 0 Å². The SMILES string of the molecule is COc1ccc(CC(Br)c2ccc(Cl)cc2F)cc1. The van der Waals surface area contributed by atoms with Crippen molar-refractivity contribution in [2.45, 2.75) is 11.2 Å². The molecule has 0 heterocycles. The molecule has 0 aliphatic carbocycles. The highest BCUT2D eigenvalue weighted by atomic mass is 79.9. The van der Waals surface area contributed by atoms with Gasteiger partial charge < -0.3 is 4.74 Å². The van der Waals surface area contributed by atoms with Crippen LogP contribution in [-0.4, -0.2) is 7.11 Å². The quantitative estimate of drug-likeness (QED) is 0.696. The smallest absolute Gasteiger partial charge is 0.129 e. The van der Waals surface area contributed by atoms with Gasteiger partial charge in [0.25, 0.3) is 0 Å². The molecule has 0 amide bonds. The minimum absolute atomic E-state index is 0.0850. The zero-order chi connectivity index (χ0) is 13.8. The lowest BCUT2D eigenvalue weighted by Gasteiger charge is -2.12. The summed E-state index contributed by atoms with van der Waals surface area (Å²) in [7, 11) is 1.63. The van der Waals surface area contributed by atoms with E-state index in [0.29, 0.717) is 17.0 Å². The van der Waals surface area contributed by atoms with E-state index in [0.717, 1.165) is 11.3 Å². The highest BCUT2D eigenvalue weighted by Crippen LogP contribution is 2.30. The van der Waals surface area contributed by atoms with Gasteiger partial charge in [0, 0.05) is 15.4 Å². The molecule has 0 saturated carbocycles. The molecule has 0 aliphatic heterocycles. The summed E-state index contributed by atoms with van der Waals surface area (Å²) >= 11 is 9.27. The van der Waals surface area contributed by atoms with Crippen LogP contribution in [0, 0.1) is 5.82 Å². The minimum atomic E-state index is -0.289. The van der Waals surface area contributed by atoms with Gasteiger partial charge in [-0.15, -0.1) is 0 Å². The third kappa shape index (κ3) is 3.71. The predicted molar refractivity (Wildman–Crippen MR) is 79.8 cm³/mol. The molecule has 0 N–H and O–H groups in total. The van der Waals surface area contributed by atoms with Crippen molar-refractivity contribution in [1.82, 2.24) is 0 Å². The van der Waals surface area contributed by atoms with Crippen LogP contribution in [0.5, 0.6) is 5.75 Å². The second kappa shape index (κ2) is 6.40. The standard InChI is InChI=1S/C15H13BrClFO/c1-19-12-5-2-10(3-6-12)8-14(16)13-7-4-11(17)9-15(13)18/h2-7,9,14H,8H2,1H3. The van der Waals surface area contributed by atoms with Gasteiger partial charge in [0.05, 0.1) is 7.11 Å². The summed E-state index contributed by atoms with van der Waals surface area (Å²) in [4.78, 5) is -0.0850. The van der Waals surface area contributed by atoms with Gasteiger partial charge in [-0.25, -0.2) is 4.39 Å². The van der Waals surface area contributed by atoms with Crippen molar-refractivity contribution in [3.8, 4) is 5.75 Å². The molecule has 0 aromatic heterocycles. The summed E-state index contributed by atoms with van der Waals surface area (Å²) in [6.45, 7) is 0. The van der Waals surface area contributed by atoms with Crippen molar-refractivity contribution >= 4 is 27.5 Å². The molecule has 2 rings (SSSR count). The first-order chi connectivity index (χ1) is 9.10. The van der Waals surface area contributed by atoms with Crippen LogP contribution in [0.4, 0.5) is 4.39 Å². The van der Waals surface area contributed by atoms with E-state index in [2.05, 4.69) is 15.9 Å². The van der Waals surface area contributed by atoms with Crippen LogP contribution in [0.1, 0.15) is 16.0 Å². The summed E-state index contributed by atoms with van der Waals surface area (Å²) in [6, 6.07) is 12.5. The molecule has 2 aromatic rings. The number of halogens is 3. The van der Waals surface area contributed by atoms with Gasteiger partial charge in [0.2, 0.25) is 0 Å². The highest BCUT2D eigenvalue weighted by molar-refractivity contribution is 9.09. The predicted octanol–water partition coefficient (Wildman–Crippen LogP) is 5.17. The van der Waals surface area contributed by atoms with E-state index in [1.807, 2.05) is 24.3 Å². The van der Waals surface area contributed by atoms with Gasteiger partial charge >= 0.3 is 0 Å². The molecule has 100 valence electrons. The summed E-state index contributed by atoms with van der Waals surface area (Å²) in [5.41, 5.74) is 1.72. The number of hydrogen-bond donors (Lipinski definition) is 0. The molecular formula is C15H13BrClFO. The molecular weight excluding hydrogens is 331 g/mol. The van der Waals surface area contributed by atoms with Crippen LogP contribution in [0.25, 0.3) is 0 Å². The molecule has 19 heavy (non-hydrogen) atoms. The molecule has 0 radical (unpaired) electrons. The lowest BCUT2D eigenvalue weighted by Crippen LogP contribution is -1.98. The lowest BCUT2D eigenvalue weighted by molar-refractivity contribution is 0.414. The minimum Gasteiger partial charge on any atom is -0.497 e. The van der Waals surface area contributed by atoms with Crippen LogP contribution in [0.3, 0.4) is 0 Å². The highest BCUT2D eigenvalue weighted by Gasteiger charge is 2.13. The first-order valence-electron chi connectivity index (χ1n) is 5.82. The Hall–Kier alpha value is -1.06. The molecule has 0 fully saturated rings. The van der Waals surface area contributed by atoms with Crippen LogP contribution >= 0.6 is 27.5 Å². The summed E-state index contributed by atoms with van der Waals surface area (Å²) in [5.74, 6) is 0.524. The molecule has 0 spiro atoms. The van der Waals surface area contributed by atoms with Crippen molar-refractivity contribution in [3.63, 3.8) is 0 Å². The van der Waals surface area contributed by atoms with E-state index >= 15 is 0 Å². The first kappa shape index (κ1) is 14.4. The van der Waals surface area contributed by atoms with Crippen LogP contribution in [0.2, 0.25) is 5.02 Å². The summed E-state index contributed by atoms with van der Waals surface area (Å²) < 4.78 is 18.9. The Balaban J connectivity index is 2.13. The Morgan fingerprint density at radius 2 is 1.89 bits per heavy atom. The second-order valence-corrected chi connectivity index (χ2v) is 5.73. The van der Waals surface area contributed by atoms with Gasteiger partial charge in [0.1, 0.15) is 11.6 Å². The molecule has 0 saturated heterocycles. The Labute approximate surface area is 125 Å². The molecule has 0 aliphatic rings. The zero-order valence-corrected chi connectivity index (χ0v) is 12.7. The number of ether oxygens (including phenoxy) is 1. The number of rotatable bonds is 4. The fourth-order valence-electron chi connectivity index (χ4n) is 1.83. The average molecular weight is 344 g/mol. The monoisotopic (exact) mass is 342 g/mol. The fraction of sp³-hybridized carbons (Fsp3) is 0.200. The normalized spacial score (nSPS) is 12.2. The number of methoxy groups -OCH3 is 1. The average Bonchev–Trinajstić information content (AvgIpc) is 2.39. The number of hydrogen-bond acceptors (Lipinski definition) is 1. The molecule has 0 bridgehead atoms. The second-order valence-electron chi connectivity index (χ2n) is 4.19. The molecule has 1 atom stereocenters. The Bertz CT molecular complexity index is 557. The largest absolute Gasteiger partial charge is 0.497 e. The van der Waals surface area contributed by atoms with Crippen LogP contribution < -0.4 is 4.74 Å². The van der Waals surface area contributed by atoms with Crippen molar-refractivity contribution in [1.29, 1.82) is 0 Å². The maximum atomic E-state index is 13.8. The van der Waals surface area contributed by atoms with E-state index in [1.165, 1.54) is 6.07 Å². The topological polar surface area (TPSA) is 9.23 Å². The van der Waals surface area contributed by atoms with Crippen molar-refractivity contribution in [2.24, 2.45) is 0 Å². The Morgan fingerprint density at radius 3 is 2.47 bits per heavy atom. The van der Waals surface area contributed by atoms with Crippen molar-refractivity contribution < 1.29 is 9.13 Å². The van der Waals surface area contributed by atoms with E-state index in [1.54, 1.807) is 19.2 Å². The Morgan fingerprint density at radius 1 is 1.21 bits per heavy atom. The third-order valence-electron chi connectivity index (χ3n) is 2.87. The van der Waals surface area contributed by atoms with Crippen molar-refractivity contribution in [3.05, 3.63) is 64.4 Å². The van der Waals surface area contributed by atoms with Crippen LogP contribution in [0.15, 0.2) is 42.5 Å². The van der Waals surface area contributed by atoms with Crippen molar-refractivity contribution in [2.75, 3.05) is 7.11 Å². The molecule has 1 nitrogen and oxygen atoms in total. The maximum absolute atomic E-state index is 13.8. The van der Waals surface area contributed by atoms with Gasteiger partial charge in [-0.05, 0) is 36.2 Å². The van der Waals surface area contributed by atoms with E-state index in [4.69, 9.17) is 16.3 Å². The molecule has 2 aromatic carbocycles. The van der Waals surface area contributed by atoms with Gasteiger partial charge in [-0.1, -0.05) is 45.7 Å². The maximum Gasteiger partial charge on any atom is 0.129 e. The first-order valence-corrected chi connectivity index (χ1v) is 7.11. The van der Waals surface area contributed by atoms with E-state index < -0.39 is 0 Å². The number of benzene rings is 2. The zero-order valence-electron chi connectivity index (χ0n) is 10.4. The van der Waals surface area contributed by atoms with Crippen LogP contribution in [-0.2, 0) is 6.42 Å². The third-order valence-corrected chi connectivity index (χ3v) is 3.93. The van der Waals surface area contributed by atoms with Gasteiger partial charge in [-0.2, -0.15) is 0 Å². The lowest BCUT2D eigenvalue weighted by atomic mass is 10.0. The summed E-state index contributed by atoms with van der Waals surface area (Å²) in [5, 5.41) is 0.408. The van der Waals surface area contributed by atoms with E-state index in [9.17, 15) is 4.39 Å². The molecule has 4 heteroatoms. The summed E-state index contributed by atoms with van der Waals surface area (Å²) in [6.07, 6.45) is 0.697. The Kier molecular flexibility index (Phi) is 4.83. The van der Waals surface area contributed by atoms with Gasteiger partial charge in [0.15, 0.2) is 0 Å². The fourth-order valence-corrected chi connectivity index (χ4v) is 2.74. The molecule has 1 unspecified atom stereocenters.